The van der Waals surface area contributed by atoms with E-state index in [4.69, 9.17) is 9.47 Å². The number of thioether (sulfide) groups is 1. The van der Waals surface area contributed by atoms with Crippen molar-refractivity contribution in [3.05, 3.63) is 35.4 Å². The number of benzene rings is 1. The predicted molar refractivity (Wildman–Crippen MR) is 142 cm³/mol. The molecule has 4 unspecified atom stereocenters. The van der Waals surface area contributed by atoms with Crippen molar-refractivity contribution in [1.82, 2.24) is 25.0 Å². The summed E-state index contributed by atoms with van der Waals surface area (Å²) in [5.74, 6) is -0.525. The molecule has 0 bridgehead atoms. The highest BCUT2D eigenvalue weighted by molar-refractivity contribution is 7.99. The molecule has 0 amide bonds. The fourth-order valence-corrected chi connectivity index (χ4v) is 5.62. The van der Waals surface area contributed by atoms with E-state index in [-0.39, 0.29) is 18.4 Å². The van der Waals surface area contributed by atoms with Crippen LogP contribution in [0.2, 0.25) is 0 Å². The summed E-state index contributed by atoms with van der Waals surface area (Å²) in [6, 6.07) is 3.89. The van der Waals surface area contributed by atoms with Gasteiger partial charge in [0.15, 0.2) is 39.5 Å². The van der Waals surface area contributed by atoms with Gasteiger partial charge in [0, 0.05) is 30.7 Å². The summed E-state index contributed by atoms with van der Waals surface area (Å²) in [5, 5.41) is 34.9. The SMILES string of the molecule is CCCOCCOC1CCC(O)(n2nnc3c(NC4CC4c4ccc(F)c(F)c4)nc(SCCC)nc32)[C@@H]1O. The molecular weight excluding hydrogens is 530 g/mol. The number of aromatic nitrogens is 5. The van der Waals surface area contributed by atoms with Crippen molar-refractivity contribution in [1.29, 1.82) is 0 Å². The summed E-state index contributed by atoms with van der Waals surface area (Å²) in [5.41, 5.74) is -0.403. The summed E-state index contributed by atoms with van der Waals surface area (Å²) in [4.78, 5) is 9.28. The lowest BCUT2D eigenvalue weighted by atomic mass is 10.1. The molecule has 3 N–H and O–H groups in total. The first-order valence-electron chi connectivity index (χ1n) is 13.4. The Morgan fingerprint density at radius 1 is 1.15 bits per heavy atom. The van der Waals surface area contributed by atoms with Crippen LogP contribution in [0.25, 0.3) is 11.2 Å². The largest absolute Gasteiger partial charge is 0.385 e. The second-order valence-electron chi connectivity index (χ2n) is 10.0. The molecule has 2 heterocycles. The van der Waals surface area contributed by atoms with Crippen LogP contribution in [0.5, 0.6) is 0 Å². The number of rotatable bonds is 13. The number of hydrogen-bond donors (Lipinski definition) is 3. The number of nitrogens with one attached hydrogen (secondary N) is 1. The van der Waals surface area contributed by atoms with Crippen molar-refractivity contribution in [2.24, 2.45) is 0 Å². The molecular formula is C26H34F2N6O4S. The van der Waals surface area contributed by atoms with Gasteiger partial charge in [0.2, 0.25) is 0 Å². The summed E-state index contributed by atoms with van der Waals surface area (Å²) in [6.07, 6.45) is 1.34. The van der Waals surface area contributed by atoms with Gasteiger partial charge in [0.1, 0.15) is 6.10 Å². The van der Waals surface area contributed by atoms with Crippen molar-refractivity contribution in [3.8, 4) is 0 Å². The third kappa shape index (κ3) is 5.87. The number of fused-ring (bicyclic) bond motifs is 1. The molecule has 2 aliphatic carbocycles. The van der Waals surface area contributed by atoms with Gasteiger partial charge in [0.25, 0.3) is 0 Å². The van der Waals surface area contributed by atoms with Gasteiger partial charge in [-0.2, -0.15) is 4.68 Å². The number of hydrogen-bond acceptors (Lipinski definition) is 10. The maximum Gasteiger partial charge on any atom is 0.191 e. The van der Waals surface area contributed by atoms with Gasteiger partial charge >= 0.3 is 0 Å². The highest BCUT2D eigenvalue weighted by atomic mass is 32.2. The normalized spacial score (nSPS) is 26.4. The summed E-state index contributed by atoms with van der Waals surface area (Å²) in [6.45, 7) is 5.44. The van der Waals surface area contributed by atoms with Crippen LogP contribution in [0.1, 0.15) is 57.4 Å². The van der Waals surface area contributed by atoms with E-state index in [1.54, 1.807) is 6.07 Å². The monoisotopic (exact) mass is 564 g/mol. The smallest absolute Gasteiger partial charge is 0.191 e. The van der Waals surface area contributed by atoms with Crippen LogP contribution < -0.4 is 5.32 Å². The van der Waals surface area contributed by atoms with Gasteiger partial charge in [-0.05, 0) is 43.4 Å². The van der Waals surface area contributed by atoms with Crippen LogP contribution in [-0.4, -0.2) is 79.0 Å². The third-order valence-electron chi connectivity index (χ3n) is 7.10. The predicted octanol–water partition coefficient (Wildman–Crippen LogP) is 3.58. The Bertz CT molecular complexity index is 1300. The quantitative estimate of drug-likeness (QED) is 0.161. The van der Waals surface area contributed by atoms with Gasteiger partial charge in [-0.1, -0.05) is 36.9 Å². The number of aliphatic hydroxyl groups is 2. The number of ether oxygens (including phenoxy) is 2. The molecule has 0 radical (unpaired) electrons. The van der Waals surface area contributed by atoms with Crippen molar-refractivity contribution in [3.63, 3.8) is 0 Å². The molecule has 2 aliphatic rings. The number of anilines is 1. The Morgan fingerprint density at radius 3 is 2.77 bits per heavy atom. The molecule has 3 aromatic rings. The van der Waals surface area contributed by atoms with Crippen LogP contribution >= 0.6 is 11.8 Å². The van der Waals surface area contributed by atoms with Crippen molar-refractivity contribution < 1.29 is 28.5 Å². The molecule has 10 nitrogen and oxygen atoms in total. The maximum atomic E-state index is 13.8. The number of aliphatic hydroxyl groups excluding tert-OH is 1. The van der Waals surface area contributed by atoms with Crippen LogP contribution in [0.3, 0.4) is 0 Å². The van der Waals surface area contributed by atoms with E-state index in [0.29, 0.717) is 60.4 Å². The molecule has 5 atom stereocenters. The van der Waals surface area contributed by atoms with E-state index in [1.165, 1.54) is 22.5 Å². The molecule has 1 aromatic carbocycles. The molecule has 13 heteroatoms. The fraction of sp³-hybridized carbons (Fsp3) is 0.615. The zero-order valence-electron chi connectivity index (χ0n) is 22.0. The average molecular weight is 565 g/mol. The fourth-order valence-electron chi connectivity index (χ4n) is 4.92. The zero-order valence-corrected chi connectivity index (χ0v) is 22.8. The summed E-state index contributed by atoms with van der Waals surface area (Å²) >= 11 is 1.46. The molecule has 0 spiro atoms. The van der Waals surface area contributed by atoms with Crippen LogP contribution in [0.4, 0.5) is 14.6 Å². The maximum absolute atomic E-state index is 13.8. The van der Waals surface area contributed by atoms with Crippen LogP contribution in [0, 0.1) is 11.6 Å². The van der Waals surface area contributed by atoms with E-state index < -0.39 is 29.6 Å². The Hall–Kier alpha value is -2.45. The third-order valence-corrected chi connectivity index (χ3v) is 8.15. The van der Waals surface area contributed by atoms with E-state index in [9.17, 15) is 19.0 Å². The minimum absolute atomic E-state index is 0.00745. The second kappa shape index (κ2) is 12.0. The van der Waals surface area contributed by atoms with Gasteiger partial charge in [0.05, 0.1) is 19.3 Å². The van der Waals surface area contributed by atoms with Gasteiger partial charge in [-0.3, -0.25) is 0 Å². The lowest BCUT2D eigenvalue weighted by molar-refractivity contribution is -0.154. The van der Waals surface area contributed by atoms with Gasteiger partial charge in [-0.15, -0.1) is 5.10 Å². The first-order valence-corrected chi connectivity index (χ1v) is 14.4. The second-order valence-corrected chi connectivity index (χ2v) is 11.1. The van der Waals surface area contributed by atoms with Gasteiger partial charge in [-0.25, -0.2) is 18.7 Å². The van der Waals surface area contributed by atoms with E-state index in [1.807, 2.05) is 6.92 Å². The van der Waals surface area contributed by atoms with E-state index in [0.717, 1.165) is 24.7 Å². The minimum Gasteiger partial charge on any atom is -0.385 e. The Labute approximate surface area is 229 Å². The number of nitrogens with zero attached hydrogens (tertiary/aromatic N) is 5. The van der Waals surface area contributed by atoms with Gasteiger partial charge < -0.3 is 25.0 Å². The first-order chi connectivity index (χ1) is 18.9. The molecule has 0 aliphatic heterocycles. The van der Waals surface area contributed by atoms with Crippen molar-refractivity contribution in [2.45, 2.75) is 81.0 Å². The Balaban J connectivity index is 1.37. The highest BCUT2D eigenvalue weighted by Crippen LogP contribution is 2.44. The topological polar surface area (TPSA) is 127 Å². The van der Waals surface area contributed by atoms with Crippen LogP contribution in [0.15, 0.2) is 23.4 Å². The number of halogens is 2. The Morgan fingerprint density at radius 2 is 2.00 bits per heavy atom. The lowest BCUT2D eigenvalue weighted by Gasteiger charge is -2.28. The molecule has 39 heavy (non-hydrogen) atoms. The molecule has 2 aromatic heterocycles. The average Bonchev–Trinajstić information content (AvgIpc) is 3.45. The van der Waals surface area contributed by atoms with Crippen molar-refractivity contribution in [2.75, 3.05) is 30.9 Å². The molecule has 212 valence electrons. The summed E-state index contributed by atoms with van der Waals surface area (Å²) in [7, 11) is 0. The van der Waals surface area contributed by atoms with E-state index >= 15 is 0 Å². The van der Waals surface area contributed by atoms with Crippen molar-refractivity contribution >= 4 is 28.7 Å². The van der Waals surface area contributed by atoms with E-state index in [2.05, 4.69) is 32.5 Å². The van der Waals surface area contributed by atoms with Crippen LogP contribution in [-0.2, 0) is 15.2 Å². The molecule has 2 fully saturated rings. The molecule has 0 saturated heterocycles. The first kappa shape index (κ1) is 28.1. The Kier molecular flexibility index (Phi) is 8.62. The molecule has 2 saturated carbocycles. The highest BCUT2D eigenvalue weighted by Gasteiger charge is 2.51. The minimum atomic E-state index is -1.75. The lowest BCUT2D eigenvalue weighted by Crippen LogP contribution is -2.46. The standard InChI is InChI=1S/C26H34F2N6O4S/c1-3-9-37-10-11-38-20-7-8-26(36,22(20)35)34-24-21(32-33-34)23(30-25(31-24)39-12-4-2)29-19-14-16(19)15-5-6-17(27)18(28)13-15/h5-6,13,16,19-20,22,35-36H,3-4,7-12,14H2,1-2H3,(H,29,30,31)/t16?,19?,20?,22-,26?/m1/s1. The summed E-state index contributed by atoms with van der Waals surface area (Å²) < 4.78 is 39.7. The molecule has 5 rings (SSSR count). The zero-order chi connectivity index (χ0) is 27.6.